The fourth-order valence-corrected chi connectivity index (χ4v) is 3.62. The molecule has 0 saturated carbocycles. The highest BCUT2D eigenvalue weighted by molar-refractivity contribution is 5.94. The van der Waals surface area contributed by atoms with Crippen LogP contribution in [0.25, 0.3) is 0 Å². The lowest BCUT2D eigenvalue weighted by molar-refractivity contribution is -0.145. The number of carbonyl (C=O) groups is 5. The van der Waals surface area contributed by atoms with Crippen LogP contribution in [0.1, 0.15) is 99.8 Å². The standard InChI is InChI=1S/C26H48N4O7/c1-9-13-17(28-23(33)19(15-11-3)30-25(35)37-26(5,6)7)21(31)27-18(14-10-2)22(32)29-20(16-12-4)24(34)36-8/h17-20H,9-16H2,1-8H3,(H,27,31)(H,28,33)(H,29,32)(H,30,35). The molecule has 0 spiro atoms. The Kier molecular flexibility index (Phi) is 16.2. The van der Waals surface area contributed by atoms with Crippen LogP contribution in [0.5, 0.6) is 0 Å². The Morgan fingerprint density at radius 1 is 0.595 bits per heavy atom. The minimum atomic E-state index is -0.906. The van der Waals surface area contributed by atoms with E-state index in [1.807, 2.05) is 27.7 Å². The number of nitrogens with one attached hydrogen (secondary N) is 4. The first kappa shape index (κ1) is 34.1. The number of alkyl carbamates (subject to hydrolysis) is 1. The summed E-state index contributed by atoms with van der Waals surface area (Å²) < 4.78 is 10.0. The zero-order valence-electron chi connectivity index (χ0n) is 23.8. The van der Waals surface area contributed by atoms with E-state index in [1.54, 1.807) is 20.8 Å². The molecule has 4 atom stereocenters. The third kappa shape index (κ3) is 13.9. The van der Waals surface area contributed by atoms with Crippen LogP contribution in [-0.4, -0.2) is 66.7 Å². The van der Waals surface area contributed by atoms with Gasteiger partial charge in [-0.3, -0.25) is 14.4 Å². The van der Waals surface area contributed by atoms with Crippen molar-refractivity contribution < 1.29 is 33.4 Å². The Bertz CT molecular complexity index is 752. The lowest BCUT2D eigenvalue weighted by atomic mass is 10.1. The molecular formula is C26H48N4O7. The predicted molar refractivity (Wildman–Crippen MR) is 141 cm³/mol. The van der Waals surface area contributed by atoms with E-state index in [9.17, 15) is 24.0 Å². The van der Waals surface area contributed by atoms with E-state index in [4.69, 9.17) is 9.47 Å². The van der Waals surface area contributed by atoms with Crippen LogP contribution in [0.3, 0.4) is 0 Å². The highest BCUT2D eigenvalue weighted by Gasteiger charge is 2.31. The molecule has 0 rings (SSSR count). The quantitative estimate of drug-likeness (QED) is 0.225. The van der Waals surface area contributed by atoms with E-state index in [0.717, 1.165) is 0 Å². The van der Waals surface area contributed by atoms with E-state index in [-0.39, 0.29) is 0 Å². The summed E-state index contributed by atoms with van der Waals surface area (Å²) in [7, 11) is 1.25. The van der Waals surface area contributed by atoms with Crippen LogP contribution >= 0.6 is 0 Å². The summed E-state index contributed by atoms with van der Waals surface area (Å²) in [5.41, 5.74) is -0.721. The fraction of sp³-hybridized carbons (Fsp3) is 0.808. The summed E-state index contributed by atoms with van der Waals surface area (Å²) in [5, 5.41) is 10.7. The Morgan fingerprint density at radius 3 is 1.24 bits per heavy atom. The largest absolute Gasteiger partial charge is 0.467 e. The van der Waals surface area contributed by atoms with Gasteiger partial charge in [-0.05, 0) is 46.5 Å². The molecule has 4 amide bonds. The summed E-state index contributed by atoms with van der Waals surface area (Å²) in [6.45, 7) is 12.7. The molecule has 0 heterocycles. The molecule has 0 saturated heterocycles. The molecule has 11 nitrogen and oxygen atoms in total. The molecule has 0 aliphatic heterocycles. The van der Waals surface area contributed by atoms with Crippen molar-refractivity contribution in [3.63, 3.8) is 0 Å². The van der Waals surface area contributed by atoms with Gasteiger partial charge >= 0.3 is 12.1 Å². The van der Waals surface area contributed by atoms with Crippen molar-refractivity contribution in [1.29, 1.82) is 0 Å². The molecule has 0 aromatic rings. The molecule has 4 unspecified atom stereocenters. The van der Waals surface area contributed by atoms with Gasteiger partial charge in [-0.15, -0.1) is 0 Å². The predicted octanol–water partition coefficient (Wildman–Crippen LogP) is 2.71. The number of esters is 1. The highest BCUT2D eigenvalue weighted by Crippen LogP contribution is 2.09. The summed E-state index contributed by atoms with van der Waals surface area (Å²) in [6.07, 6.45) is 3.22. The average molecular weight is 529 g/mol. The van der Waals surface area contributed by atoms with Gasteiger partial charge in [-0.2, -0.15) is 0 Å². The SMILES string of the molecule is CCCC(NC(=O)OC(C)(C)C)C(=O)NC(CCC)C(=O)NC(CCC)C(=O)NC(CCC)C(=O)OC. The van der Waals surface area contributed by atoms with Crippen LogP contribution in [-0.2, 0) is 28.7 Å². The maximum atomic E-state index is 13.1. The van der Waals surface area contributed by atoms with E-state index in [0.29, 0.717) is 51.4 Å². The number of hydrogen-bond acceptors (Lipinski definition) is 7. The molecule has 0 bridgehead atoms. The van der Waals surface area contributed by atoms with Gasteiger partial charge in [0.05, 0.1) is 7.11 Å². The van der Waals surface area contributed by atoms with Gasteiger partial charge in [0.25, 0.3) is 0 Å². The van der Waals surface area contributed by atoms with Crippen LogP contribution in [0, 0.1) is 0 Å². The van der Waals surface area contributed by atoms with Crippen molar-refractivity contribution in [2.24, 2.45) is 0 Å². The first-order valence-electron chi connectivity index (χ1n) is 13.3. The minimum Gasteiger partial charge on any atom is -0.467 e. The van der Waals surface area contributed by atoms with Crippen LogP contribution in [0.4, 0.5) is 4.79 Å². The first-order chi connectivity index (χ1) is 17.3. The second-order valence-electron chi connectivity index (χ2n) is 10.1. The van der Waals surface area contributed by atoms with Crippen LogP contribution < -0.4 is 21.3 Å². The van der Waals surface area contributed by atoms with Crippen LogP contribution in [0.2, 0.25) is 0 Å². The molecule has 0 aromatic heterocycles. The Balaban J connectivity index is 5.48. The van der Waals surface area contributed by atoms with Gasteiger partial charge in [0.15, 0.2) is 0 Å². The molecule has 4 N–H and O–H groups in total. The number of ether oxygens (including phenoxy) is 2. The number of carbonyl (C=O) groups excluding carboxylic acids is 5. The average Bonchev–Trinajstić information content (AvgIpc) is 2.80. The van der Waals surface area contributed by atoms with Crippen molar-refractivity contribution in [3.05, 3.63) is 0 Å². The van der Waals surface area contributed by atoms with Crippen molar-refractivity contribution in [3.8, 4) is 0 Å². The fourth-order valence-electron chi connectivity index (χ4n) is 3.62. The lowest BCUT2D eigenvalue weighted by Gasteiger charge is -2.26. The van der Waals surface area contributed by atoms with Crippen molar-refractivity contribution in [2.75, 3.05) is 7.11 Å². The maximum absolute atomic E-state index is 13.1. The Morgan fingerprint density at radius 2 is 0.919 bits per heavy atom. The van der Waals surface area contributed by atoms with Crippen molar-refractivity contribution in [1.82, 2.24) is 21.3 Å². The topological polar surface area (TPSA) is 152 Å². The smallest absolute Gasteiger partial charge is 0.408 e. The molecule has 0 aliphatic rings. The summed E-state index contributed by atoms with van der Waals surface area (Å²) in [5.74, 6) is -2.06. The maximum Gasteiger partial charge on any atom is 0.408 e. The van der Waals surface area contributed by atoms with Crippen molar-refractivity contribution >= 4 is 29.8 Å². The van der Waals surface area contributed by atoms with E-state index < -0.39 is 59.6 Å². The van der Waals surface area contributed by atoms with Gasteiger partial charge in [0.1, 0.15) is 29.8 Å². The van der Waals surface area contributed by atoms with Gasteiger partial charge in [0, 0.05) is 0 Å². The van der Waals surface area contributed by atoms with Crippen LogP contribution in [0.15, 0.2) is 0 Å². The third-order valence-electron chi connectivity index (χ3n) is 5.39. The molecular weight excluding hydrogens is 480 g/mol. The van der Waals surface area contributed by atoms with Gasteiger partial charge in [-0.1, -0.05) is 53.4 Å². The van der Waals surface area contributed by atoms with Gasteiger partial charge in [-0.25, -0.2) is 9.59 Å². The Hall–Kier alpha value is -2.85. The molecule has 214 valence electrons. The second-order valence-corrected chi connectivity index (χ2v) is 10.1. The van der Waals surface area contributed by atoms with Crippen molar-refractivity contribution in [2.45, 2.75) is 130 Å². The minimum absolute atomic E-state index is 0.337. The molecule has 0 radical (unpaired) electrons. The molecule has 0 aromatic carbocycles. The normalized spacial score (nSPS) is 14.4. The number of hydrogen-bond donors (Lipinski definition) is 4. The Labute approximate surface area is 221 Å². The highest BCUT2D eigenvalue weighted by atomic mass is 16.6. The zero-order valence-corrected chi connectivity index (χ0v) is 23.8. The van der Waals surface area contributed by atoms with Gasteiger partial charge in [0.2, 0.25) is 17.7 Å². The van der Waals surface area contributed by atoms with Gasteiger partial charge < -0.3 is 30.7 Å². The molecule has 37 heavy (non-hydrogen) atoms. The number of rotatable bonds is 16. The molecule has 11 heteroatoms. The second kappa shape index (κ2) is 17.6. The lowest BCUT2D eigenvalue weighted by Crippen LogP contribution is -2.57. The first-order valence-corrected chi connectivity index (χ1v) is 13.3. The zero-order chi connectivity index (χ0) is 28.6. The van der Waals surface area contributed by atoms with E-state index in [1.165, 1.54) is 7.11 Å². The summed E-state index contributed by atoms with van der Waals surface area (Å²) >= 11 is 0. The molecule has 0 aliphatic carbocycles. The number of methoxy groups -OCH3 is 1. The van der Waals surface area contributed by atoms with E-state index in [2.05, 4.69) is 21.3 Å². The molecule has 0 fully saturated rings. The third-order valence-corrected chi connectivity index (χ3v) is 5.39. The number of amides is 4. The monoisotopic (exact) mass is 528 g/mol. The summed E-state index contributed by atoms with van der Waals surface area (Å²) in [4.78, 5) is 63.3. The summed E-state index contributed by atoms with van der Waals surface area (Å²) in [6, 6.07) is -3.48. The van der Waals surface area contributed by atoms with E-state index >= 15 is 0 Å².